The smallest absolute Gasteiger partial charge is 0.161 e. The molecule has 4 unspecified atom stereocenters. The Hall–Kier alpha value is -1.55. The van der Waals surface area contributed by atoms with Crippen LogP contribution in [0.15, 0.2) is 12.1 Å². The largest absolute Gasteiger partial charge is 0.493 e. The van der Waals surface area contributed by atoms with Gasteiger partial charge in [0.2, 0.25) is 0 Å². The molecule has 1 saturated carbocycles. The molecule has 2 aliphatic heterocycles. The van der Waals surface area contributed by atoms with Gasteiger partial charge >= 0.3 is 0 Å². The lowest BCUT2D eigenvalue weighted by molar-refractivity contribution is -0.126. The van der Waals surface area contributed by atoms with Gasteiger partial charge in [0.05, 0.1) is 14.2 Å². The first-order valence-electron chi connectivity index (χ1n) is 11.1. The zero-order valence-corrected chi connectivity index (χ0v) is 17.9. The number of benzene rings is 1. The predicted octanol–water partition coefficient (Wildman–Crippen LogP) is 5.04. The van der Waals surface area contributed by atoms with Crippen LogP contribution in [0.1, 0.15) is 82.4 Å². The highest BCUT2D eigenvalue weighted by molar-refractivity contribution is 5.80. The molecule has 154 valence electrons. The van der Waals surface area contributed by atoms with Crippen molar-refractivity contribution in [2.75, 3.05) is 20.8 Å². The van der Waals surface area contributed by atoms with Gasteiger partial charge in [0.1, 0.15) is 5.78 Å². The highest BCUT2D eigenvalue weighted by Crippen LogP contribution is 2.57. The topological polar surface area (TPSA) is 38.8 Å². The monoisotopic (exact) mass is 385 g/mol. The second kappa shape index (κ2) is 7.70. The third-order valence-corrected chi connectivity index (χ3v) is 7.84. The van der Waals surface area contributed by atoms with E-state index in [4.69, 9.17) is 9.47 Å². The van der Waals surface area contributed by atoms with Gasteiger partial charge in [-0.1, -0.05) is 33.1 Å². The number of carbonyl (C=O) groups excluding carboxylic acids is 1. The summed E-state index contributed by atoms with van der Waals surface area (Å²) in [4.78, 5) is 15.0. The van der Waals surface area contributed by atoms with Crippen molar-refractivity contribution in [3.05, 3.63) is 23.3 Å². The van der Waals surface area contributed by atoms with Crippen LogP contribution in [0.3, 0.4) is 0 Å². The Morgan fingerprint density at radius 1 is 1.18 bits per heavy atom. The van der Waals surface area contributed by atoms with Crippen LogP contribution in [0.25, 0.3) is 0 Å². The highest BCUT2D eigenvalue weighted by Gasteiger charge is 2.54. The maximum absolute atomic E-state index is 12.4. The number of unbranched alkanes of at least 4 members (excludes halogenated alkanes) is 1. The average molecular weight is 386 g/mol. The summed E-state index contributed by atoms with van der Waals surface area (Å²) in [5.74, 6) is 2.67. The molecule has 1 saturated heterocycles. The molecule has 1 aliphatic carbocycles. The number of rotatable bonds is 5. The number of Topliss-reactive ketones (excluding diaryl/α,β-unsaturated/α-hetero) is 1. The third kappa shape index (κ3) is 2.96. The molecule has 4 nitrogen and oxygen atoms in total. The lowest BCUT2D eigenvalue weighted by Gasteiger charge is -2.59. The highest BCUT2D eigenvalue weighted by atomic mass is 16.5. The van der Waals surface area contributed by atoms with Crippen LogP contribution in [-0.4, -0.2) is 37.5 Å². The van der Waals surface area contributed by atoms with E-state index in [2.05, 4.69) is 30.9 Å². The van der Waals surface area contributed by atoms with E-state index in [9.17, 15) is 4.79 Å². The molecule has 2 fully saturated rings. The Morgan fingerprint density at radius 3 is 2.64 bits per heavy atom. The average Bonchev–Trinajstić information content (AvgIpc) is 2.71. The van der Waals surface area contributed by atoms with Gasteiger partial charge in [0, 0.05) is 36.9 Å². The summed E-state index contributed by atoms with van der Waals surface area (Å²) in [5.41, 5.74) is 2.82. The van der Waals surface area contributed by atoms with Gasteiger partial charge in [-0.15, -0.1) is 0 Å². The number of hydrogen-bond acceptors (Lipinski definition) is 4. The first-order valence-corrected chi connectivity index (χ1v) is 11.1. The van der Waals surface area contributed by atoms with Gasteiger partial charge in [0.15, 0.2) is 11.5 Å². The number of nitrogens with zero attached hydrogens (tertiary/aromatic N) is 1. The molecule has 0 amide bonds. The van der Waals surface area contributed by atoms with Crippen molar-refractivity contribution in [1.82, 2.24) is 4.90 Å². The number of ether oxygens (including phenoxy) is 2. The van der Waals surface area contributed by atoms with Crippen LogP contribution in [0, 0.1) is 5.92 Å². The van der Waals surface area contributed by atoms with Crippen LogP contribution in [0.4, 0.5) is 0 Å². The number of carbonyl (C=O) groups is 1. The van der Waals surface area contributed by atoms with Crippen LogP contribution in [0.5, 0.6) is 11.5 Å². The molecule has 2 heterocycles. The number of ketones is 1. The van der Waals surface area contributed by atoms with Crippen molar-refractivity contribution < 1.29 is 14.3 Å². The molecule has 3 aliphatic rings. The van der Waals surface area contributed by atoms with Crippen LogP contribution in [-0.2, 0) is 10.2 Å². The Labute approximate surface area is 169 Å². The minimum Gasteiger partial charge on any atom is -0.493 e. The number of piperidine rings is 1. The minimum atomic E-state index is 0.110. The molecule has 0 bridgehead atoms. The van der Waals surface area contributed by atoms with Gasteiger partial charge in [-0.3, -0.25) is 9.69 Å². The normalized spacial score (nSPS) is 32.3. The molecule has 0 spiro atoms. The third-order valence-electron chi connectivity index (χ3n) is 7.84. The quantitative estimate of drug-likeness (QED) is 0.712. The van der Waals surface area contributed by atoms with E-state index in [1.807, 2.05) is 0 Å². The Morgan fingerprint density at radius 2 is 1.93 bits per heavy atom. The van der Waals surface area contributed by atoms with Crippen LogP contribution in [0.2, 0.25) is 0 Å². The van der Waals surface area contributed by atoms with Crippen molar-refractivity contribution in [2.24, 2.45) is 5.92 Å². The zero-order valence-electron chi connectivity index (χ0n) is 17.9. The number of hydrogen-bond donors (Lipinski definition) is 0. The van der Waals surface area contributed by atoms with Gasteiger partial charge in [-0.05, 0) is 48.4 Å². The van der Waals surface area contributed by atoms with Crippen molar-refractivity contribution >= 4 is 5.78 Å². The molecular formula is C24H35NO3. The van der Waals surface area contributed by atoms with Crippen molar-refractivity contribution in [1.29, 1.82) is 0 Å². The van der Waals surface area contributed by atoms with Crippen molar-refractivity contribution in [3.63, 3.8) is 0 Å². The molecule has 4 rings (SSSR count). The van der Waals surface area contributed by atoms with Crippen LogP contribution < -0.4 is 9.47 Å². The molecule has 0 N–H and O–H groups in total. The van der Waals surface area contributed by atoms with Crippen molar-refractivity contribution in [2.45, 2.75) is 82.7 Å². The molecule has 4 heteroatoms. The Kier molecular flexibility index (Phi) is 5.43. The molecular weight excluding hydrogens is 350 g/mol. The molecule has 1 aromatic rings. The summed E-state index contributed by atoms with van der Waals surface area (Å²) < 4.78 is 11.3. The minimum absolute atomic E-state index is 0.110. The Bertz CT molecular complexity index is 746. The standard InChI is InChI=1S/C24H35NO3/c1-5-6-8-16-9-7-10-23-24(16,2)19-15-22(28-4)21(27-3)14-18(19)20-13-17(26)11-12-25(20)23/h14-16,20,23H,5-13H2,1-4H3. The molecule has 4 atom stereocenters. The van der Waals surface area contributed by atoms with E-state index >= 15 is 0 Å². The fourth-order valence-electron chi connectivity index (χ4n) is 6.38. The van der Waals surface area contributed by atoms with E-state index < -0.39 is 0 Å². The lowest BCUT2D eigenvalue weighted by Crippen LogP contribution is -2.61. The molecule has 28 heavy (non-hydrogen) atoms. The first kappa shape index (κ1) is 19.8. The van der Waals surface area contributed by atoms with E-state index in [0.717, 1.165) is 18.0 Å². The summed E-state index contributed by atoms with van der Waals surface area (Å²) >= 11 is 0. The fourth-order valence-corrected chi connectivity index (χ4v) is 6.38. The number of methoxy groups -OCH3 is 2. The molecule has 0 aromatic heterocycles. The maximum Gasteiger partial charge on any atom is 0.161 e. The molecule has 0 radical (unpaired) electrons. The van der Waals surface area contributed by atoms with Crippen LogP contribution >= 0.6 is 0 Å². The molecule has 1 aromatic carbocycles. The van der Waals surface area contributed by atoms with E-state index in [1.165, 1.54) is 49.7 Å². The fraction of sp³-hybridized carbons (Fsp3) is 0.708. The Balaban J connectivity index is 1.89. The summed E-state index contributed by atoms with van der Waals surface area (Å²) in [6, 6.07) is 5.12. The second-order valence-corrected chi connectivity index (χ2v) is 9.11. The first-order chi connectivity index (χ1) is 13.5. The number of fused-ring (bicyclic) bond motifs is 6. The van der Waals surface area contributed by atoms with E-state index in [1.54, 1.807) is 14.2 Å². The second-order valence-electron chi connectivity index (χ2n) is 9.11. The predicted molar refractivity (Wildman–Crippen MR) is 111 cm³/mol. The van der Waals surface area contributed by atoms with E-state index in [0.29, 0.717) is 30.6 Å². The van der Waals surface area contributed by atoms with Gasteiger partial charge in [-0.25, -0.2) is 0 Å². The van der Waals surface area contributed by atoms with E-state index in [-0.39, 0.29) is 11.5 Å². The summed E-state index contributed by atoms with van der Waals surface area (Å²) in [6.07, 6.45) is 8.99. The zero-order chi connectivity index (χ0) is 19.9. The van der Waals surface area contributed by atoms with Gasteiger partial charge < -0.3 is 9.47 Å². The van der Waals surface area contributed by atoms with Gasteiger partial charge in [-0.2, -0.15) is 0 Å². The SMILES string of the molecule is CCCCC1CCCC2N3CCC(=O)CC3c3cc(OC)c(OC)cc3C12C. The maximum atomic E-state index is 12.4. The summed E-state index contributed by atoms with van der Waals surface area (Å²) in [5, 5.41) is 0. The lowest BCUT2D eigenvalue weighted by atomic mass is 9.55. The van der Waals surface area contributed by atoms with Crippen molar-refractivity contribution in [3.8, 4) is 11.5 Å². The van der Waals surface area contributed by atoms with Gasteiger partial charge in [0.25, 0.3) is 0 Å². The summed E-state index contributed by atoms with van der Waals surface area (Å²) in [7, 11) is 3.42. The summed E-state index contributed by atoms with van der Waals surface area (Å²) in [6.45, 7) is 5.68.